The monoisotopic (exact) mass is 215 g/mol. The van der Waals surface area contributed by atoms with Gasteiger partial charge in [-0.25, -0.2) is 4.98 Å². The molecule has 1 fully saturated rings. The van der Waals surface area contributed by atoms with E-state index in [1.807, 2.05) is 6.07 Å². The highest BCUT2D eigenvalue weighted by Gasteiger charge is 2.28. The van der Waals surface area contributed by atoms with Gasteiger partial charge in [0.15, 0.2) is 0 Å². The number of carbonyl (C=O) groups is 2. The highest BCUT2D eigenvalue weighted by molar-refractivity contribution is 6.01. The van der Waals surface area contributed by atoms with Crippen LogP contribution in [0.4, 0.5) is 0 Å². The minimum Gasteiger partial charge on any atom is -0.278 e. The third kappa shape index (κ3) is 1.91. The van der Waals surface area contributed by atoms with Gasteiger partial charge in [0.1, 0.15) is 11.8 Å². The molecule has 1 aromatic heterocycles. The lowest BCUT2D eigenvalue weighted by Crippen LogP contribution is -2.28. The Balaban J connectivity index is 2.18. The number of carbonyl (C=O) groups excluding carboxylic acids is 2. The van der Waals surface area contributed by atoms with Crippen molar-refractivity contribution in [2.75, 3.05) is 0 Å². The van der Waals surface area contributed by atoms with Crippen LogP contribution in [0, 0.1) is 11.3 Å². The summed E-state index contributed by atoms with van der Waals surface area (Å²) in [5.74, 6) is -0.305. The van der Waals surface area contributed by atoms with Crippen LogP contribution in [0.25, 0.3) is 0 Å². The number of imide groups is 1. The van der Waals surface area contributed by atoms with E-state index in [2.05, 4.69) is 4.98 Å². The van der Waals surface area contributed by atoms with E-state index in [0.717, 1.165) is 5.56 Å². The van der Waals surface area contributed by atoms with E-state index in [1.165, 1.54) is 11.1 Å². The van der Waals surface area contributed by atoms with Gasteiger partial charge in [-0.1, -0.05) is 0 Å². The summed E-state index contributed by atoms with van der Waals surface area (Å²) < 4.78 is 0. The highest BCUT2D eigenvalue weighted by atomic mass is 16.2. The molecule has 0 bridgehead atoms. The molecule has 1 aliphatic heterocycles. The maximum Gasteiger partial charge on any atom is 0.229 e. The summed E-state index contributed by atoms with van der Waals surface area (Å²) in [5.41, 5.74) is 1.03. The van der Waals surface area contributed by atoms with Gasteiger partial charge in [-0.05, 0) is 17.7 Å². The van der Waals surface area contributed by atoms with Crippen molar-refractivity contribution in [1.82, 2.24) is 9.88 Å². The molecule has 0 spiro atoms. The minimum atomic E-state index is -0.152. The number of nitriles is 1. The number of aromatic nitrogens is 1. The molecular weight excluding hydrogens is 206 g/mol. The number of nitrogens with zero attached hydrogens (tertiary/aromatic N) is 3. The van der Waals surface area contributed by atoms with Crippen molar-refractivity contribution in [1.29, 1.82) is 5.26 Å². The van der Waals surface area contributed by atoms with Crippen LogP contribution in [0.5, 0.6) is 0 Å². The van der Waals surface area contributed by atoms with E-state index in [0.29, 0.717) is 0 Å². The van der Waals surface area contributed by atoms with Crippen LogP contribution in [0.1, 0.15) is 24.1 Å². The van der Waals surface area contributed by atoms with Gasteiger partial charge in [0.25, 0.3) is 0 Å². The summed E-state index contributed by atoms with van der Waals surface area (Å²) in [7, 11) is 0. The van der Waals surface area contributed by atoms with Gasteiger partial charge in [-0.2, -0.15) is 5.26 Å². The maximum absolute atomic E-state index is 11.4. The number of hydrogen-bond acceptors (Lipinski definition) is 4. The highest BCUT2D eigenvalue weighted by Crippen LogP contribution is 2.15. The summed E-state index contributed by atoms with van der Waals surface area (Å²) >= 11 is 0. The second-order valence-corrected chi connectivity index (χ2v) is 3.53. The zero-order valence-electron chi connectivity index (χ0n) is 8.51. The van der Waals surface area contributed by atoms with E-state index in [1.54, 1.807) is 12.1 Å². The Bertz CT molecular complexity index is 474. The van der Waals surface area contributed by atoms with Crippen molar-refractivity contribution < 1.29 is 9.59 Å². The third-order valence-corrected chi connectivity index (χ3v) is 2.43. The fourth-order valence-corrected chi connectivity index (χ4v) is 1.62. The smallest absolute Gasteiger partial charge is 0.229 e. The normalized spacial score (nSPS) is 15.3. The van der Waals surface area contributed by atoms with Crippen LogP contribution in [-0.2, 0) is 16.1 Å². The number of amides is 2. The number of rotatable bonds is 2. The molecule has 2 amide bonds. The van der Waals surface area contributed by atoms with Crippen molar-refractivity contribution in [3.63, 3.8) is 0 Å². The first kappa shape index (κ1) is 10.3. The molecule has 2 rings (SSSR count). The summed E-state index contributed by atoms with van der Waals surface area (Å²) in [6.45, 7) is 0.231. The van der Waals surface area contributed by atoms with E-state index in [9.17, 15) is 9.59 Å². The lowest BCUT2D eigenvalue weighted by molar-refractivity contribution is -0.139. The van der Waals surface area contributed by atoms with E-state index in [-0.39, 0.29) is 36.9 Å². The largest absolute Gasteiger partial charge is 0.278 e. The Kier molecular flexibility index (Phi) is 2.64. The van der Waals surface area contributed by atoms with Crippen LogP contribution in [-0.4, -0.2) is 21.7 Å². The molecule has 0 radical (unpaired) electrons. The first-order valence-electron chi connectivity index (χ1n) is 4.89. The van der Waals surface area contributed by atoms with Crippen LogP contribution < -0.4 is 0 Å². The Morgan fingerprint density at radius 2 is 2.06 bits per heavy atom. The first-order valence-corrected chi connectivity index (χ1v) is 4.89. The number of pyridine rings is 1. The quantitative estimate of drug-likeness (QED) is 0.677. The van der Waals surface area contributed by atoms with Crippen molar-refractivity contribution in [2.45, 2.75) is 19.4 Å². The van der Waals surface area contributed by atoms with E-state index < -0.39 is 0 Å². The lowest BCUT2D eigenvalue weighted by atomic mass is 10.2. The Labute approximate surface area is 92.3 Å². The Morgan fingerprint density at radius 1 is 1.38 bits per heavy atom. The average Bonchev–Trinajstić information content (AvgIpc) is 2.61. The molecule has 0 aliphatic carbocycles. The predicted octanol–water partition coefficient (Wildman–Crippen LogP) is 0.602. The lowest BCUT2D eigenvalue weighted by Gasteiger charge is -2.13. The molecule has 5 nitrogen and oxygen atoms in total. The van der Waals surface area contributed by atoms with Gasteiger partial charge in [0.05, 0.1) is 6.54 Å². The fraction of sp³-hybridized carbons (Fsp3) is 0.273. The molecule has 1 aromatic rings. The summed E-state index contributed by atoms with van der Waals surface area (Å²) in [6, 6.07) is 5.19. The second kappa shape index (κ2) is 4.11. The summed E-state index contributed by atoms with van der Waals surface area (Å²) in [4.78, 5) is 27.8. The molecule has 2 heterocycles. The van der Waals surface area contributed by atoms with Crippen molar-refractivity contribution in [2.24, 2.45) is 0 Å². The molecule has 5 heteroatoms. The molecule has 1 aliphatic rings. The zero-order chi connectivity index (χ0) is 11.5. The third-order valence-electron chi connectivity index (χ3n) is 2.43. The average molecular weight is 215 g/mol. The van der Waals surface area contributed by atoms with Gasteiger partial charge in [-0.15, -0.1) is 0 Å². The van der Waals surface area contributed by atoms with Crippen molar-refractivity contribution >= 4 is 11.8 Å². The van der Waals surface area contributed by atoms with Gasteiger partial charge in [0, 0.05) is 19.0 Å². The molecular formula is C11H9N3O2. The number of likely N-dealkylation sites (tertiary alicyclic amines) is 1. The maximum atomic E-state index is 11.4. The summed E-state index contributed by atoms with van der Waals surface area (Å²) in [5, 5.41) is 8.67. The minimum absolute atomic E-state index is 0.152. The van der Waals surface area contributed by atoms with E-state index in [4.69, 9.17) is 5.26 Å². The number of hydrogen-bond donors (Lipinski definition) is 0. The zero-order valence-corrected chi connectivity index (χ0v) is 8.51. The molecule has 0 saturated carbocycles. The summed E-state index contributed by atoms with van der Waals surface area (Å²) in [6.07, 6.45) is 2.07. The Hall–Kier alpha value is -2.22. The van der Waals surface area contributed by atoms with Crippen LogP contribution in [0.2, 0.25) is 0 Å². The molecule has 0 atom stereocenters. The fourth-order valence-electron chi connectivity index (χ4n) is 1.62. The van der Waals surface area contributed by atoms with Gasteiger partial charge in [0.2, 0.25) is 11.8 Å². The Morgan fingerprint density at radius 3 is 2.69 bits per heavy atom. The SMILES string of the molecule is N#Cc1cc(CN2C(=O)CCC2=O)ccn1. The van der Waals surface area contributed by atoms with Crippen LogP contribution in [0.15, 0.2) is 18.3 Å². The predicted molar refractivity (Wildman–Crippen MR) is 53.7 cm³/mol. The van der Waals surface area contributed by atoms with Gasteiger partial charge >= 0.3 is 0 Å². The van der Waals surface area contributed by atoms with Crippen LogP contribution in [0.3, 0.4) is 0 Å². The molecule has 16 heavy (non-hydrogen) atoms. The topological polar surface area (TPSA) is 74.1 Å². The van der Waals surface area contributed by atoms with Gasteiger partial charge in [-0.3, -0.25) is 14.5 Å². The molecule has 1 saturated heterocycles. The van der Waals surface area contributed by atoms with Crippen molar-refractivity contribution in [3.8, 4) is 6.07 Å². The standard InChI is InChI=1S/C11H9N3O2/c12-6-9-5-8(3-4-13-9)7-14-10(15)1-2-11(14)16/h3-5H,1-2,7H2. The van der Waals surface area contributed by atoms with E-state index >= 15 is 0 Å². The van der Waals surface area contributed by atoms with Gasteiger partial charge < -0.3 is 0 Å². The molecule has 80 valence electrons. The second-order valence-electron chi connectivity index (χ2n) is 3.53. The van der Waals surface area contributed by atoms with Crippen molar-refractivity contribution in [3.05, 3.63) is 29.6 Å². The molecule has 0 aromatic carbocycles. The molecule has 0 N–H and O–H groups in total. The first-order chi connectivity index (χ1) is 7.70. The van der Waals surface area contributed by atoms with Crippen LogP contribution >= 0.6 is 0 Å². The molecule has 0 unspecified atom stereocenters.